The summed E-state index contributed by atoms with van der Waals surface area (Å²) < 4.78 is 0. The molecular formula is C15H33N3. The van der Waals surface area contributed by atoms with Gasteiger partial charge < -0.3 is 10.2 Å². The summed E-state index contributed by atoms with van der Waals surface area (Å²) in [6.45, 7) is 17.8. The number of hydrogen-bond donors (Lipinski definition) is 1. The second kappa shape index (κ2) is 8.89. The average molecular weight is 255 g/mol. The van der Waals surface area contributed by atoms with E-state index in [1.807, 2.05) is 0 Å². The van der Waals surface area contributed by atoms with Crippen LogP contribution in [0.15, 0.2) is 0 Å². The summed E-state index contributed by atoms with van der Waals surface area (Å²) in [5.41, 5.74) is 0. The maximum atomic E-state index is 3.41. The predicted octanol–water partition coefficient (Wildman–Crippen LogP) is 2.04. The van der Waals surface area contributed by atoms with Crippen molar-refractivity contribution in [1.29, 1.82) is 0 Å². The second-order valence-corrected chi connectivity index (χ2v) is 6.08. The van der Waals surface area contributed by atoms with Gasteiger partial charge in [-0.15, -0.1) is 0 Å². The number of nitrogens with one attached hydrogen (secondary N) is 1. The van der Waals surface area contributed by atoms with Gasteiger partial charge >= 0.3 is 0 Å². The van der Waals surface area contributed by atoms with Gasteiger partial charge in [0, 0.05) is 38.8 Å². The lowest BCUT2D eigenvalue weighted by Gasteiger charge is -2.38. The van der Waals surface area contributed by atoms with Gasteiger partial charge in [-0.25, -0.2) is 0 Å². The molecule has 0 aliphatic carbocycles. The molecule has 0 saturated carbocycles. The molecule has 1 atom stereocenters. The van der Waals surface area contributed by atoms with Crippen molar-refractivity contribution in [3.8, 4) is 0 Å². The Morgan fingerprint density at radius 2 is 1.72 bits per heavy atom. The molecule has 0 radical (unpaired) electrons. The minimum Gasteiger partial charge on any atom is -0.317 e. The molecule has 1 rings (SSSR count). The molecule has 18 heavy (non-hydrogen) atoms. The third-order valence-corrected chi connectivity index (χ3v) is 3.88. The van der Waals surface area contributed by atoms with E-state index in [2.05, 4.69) is 42.8 Å². The van der Waals surface area contributed by atoms with E-state index < -0.39 is 0 Å². The van der Waals surface area contributed by atoms with E-state index >= 15 is 0 Å². The van der Waals surface area contributed by atoms with E-state index in [9.17, 15) is 0 Å². The second-order valence-electron chi connectivity index (χ2n) is 6.08. The smallest absolute Gasteiger partial charge is 0.0113 e. The van der Waals surface area contributed by atoms with Gasteiger partial charge in [-0.3, -0.25) is 4.90 Å². The summed E-state index contributed by atoms with van der Waals surface area (Å²) in [5, 5.41) is 3.41. The van der Waals surface area contributed by atoms with Crippen LogP contribution < -0.4 is 5.32 Å². The van der Waals surface area contributed by atoms with Crippen LogP contribution >= 0.6 is 0 Å². The Bertz CT molecular complexity index is 198. The van der Waals surface area contributed by atoms with Crippen LogP contribution in [0.25, 0.3) is 0 Å². The third-order valence-electron chi connectivity index (χ3n) is 3.88. The summed E-state index contributed by atoms with van der Waals surface area (Å²) in [7, 11) is 0. The Kier molecular flexibility index (Phi) is 7.87. The first-order chi connectivity index (χ1) is 8.63. The minimum atomic E-state index is 0.754. The van der Waals surface area contributed by atoms with Crippen molar-refractivity contribution in [2.24, 2.45) is 5.92 Å². The van der Waals surface area contributed by atoms with Crippen molar-refractivity contribution < 1.29 is 0 Å². The van der Waals surface area contributed by atoms with Gasteiger partial charge in [-0.2, -0.15) is 0 Å². The Morgan fingerprint density at radius 3 is 2.28 bits per heavy atom. The quantitative estimate of drug-likeness (QED) is 0.670. The van der Waals surface area contributed by atoms with Crippen molar-refractivity contribution in [3.63, 3.8) is 0 Å². The van der Waals surface area contributed by atoms with Gasteiger partial charge in [0.15, 0.2) is 0 Å². The molecule has 1 aliphatic heterocycles. The van der Waals surface area contributed by atoms with Crippen molar-refractivity contribution in [3.05, 3.63) is 0 Å². The lowest BCUT2D eigenvalue weighted by molar-refractivity contribution is 0.0909. The highest BCUT2D eigenvalue weighted by molar-refractivity contribution is 4.76. The largest absolute Gasteiger partial charge is 0.317 e. The van der Waals surface area contributed by atoms with Crippen LogP contribution in [0.3, 0.4) is 0 Å². The van der Waals surface area contributed by atoms with Gasteiger partial charge in [0.05, 0.1) is 0 Å². The van der Waals surface area contributed by atoms with Crippen molar-refractivity contribution in [2.75, 3.05) is 45.8 Å². The fourth-order valence-electron chi connectivity index (χ4n) is 2.78. The molecule has 0 aromatic rings. The molecule has 1 saturated heterocycles. The Labute approximate surface area is 114 Å². The summed E-state index contributed by atoms with van der Waals surface area (Å²) in [6.07, 6.45) is 2.64. The Morgan fingerprint density at radius 1 is 1.06 bits per heavy atom. The fourth-order valence-corrected chi connectivity index (χ4v) is 2.78. The monoisotopic (exact) mass is 255 g/mol. The molecule has 0 aromatic heterocycles. The first kappa shape index (κ1) is 15.9. The van der Waals surface area contributed by atoms with Crippen LogP contribution in [0.1, 0.15) is 40.5 Å². The van der Waals surface area contributed by atoms with Crippen LogP contribution in [0.5, 0.6) is 0 Å². The molecule has 3 nitrogen and oxygen atoms in total. The average Bonchev–Trinajstić information content (AvgIpc) is 2.34. The van der Waals surface area contributed by atoms with Crippen LogP contribution in [-0.2, 0) is 0 Å². The molecule has 3 heteroatoms. The van der Waals surface area contributed by atoms with Crippen molar-refractivity contribution >= 4 is 0 Å². The van der Waals surface area contributed by atoms with Crippen LogP contribution in [0, 0.1) is 5.92 Å². The number of hydrogen-bond acceptors (Lipinski definition) is 3. The number of nitrogens with zero attached hydrogens (tertiary/aromatic N) is 2. The molecule has 0 amide bonds. The molecule has 1 N–H and O–H groups in total. The van der Waals surface area contributed by atoms with Crippen LogP contribution in [-0.4, -0.2) is 61.7 Å². The molecule has 0 aromatic carbocycles. The normalized spacial score (nSPS) is 20.5. The predicted molar refractivity (Wildman–Crippen MR) is 80.1 cm³/mol. The molecule has 1 fully saturated rings. The van der Waals surface area contributed by atoms with E-state index in [1.165, 1.54) is 52.1 Å². The summed E-state index contributed by atoms with van der Waals surface area (Å²) in [5.74, 6) is 0.800. The highest BCUT2D eigenvalue weighted by Gasteiger charge is 2.20. The molecule has 0 bridgehead atoms. The first-order valence-corrected chi connectivity index (χ1v) is 7.80. The molecule has 1 unspecified atom stereocenters. The van der Waals surface area contributed by atoms with E-state index in [4.69, 9.17) is 0 Å². The molecule has 1 heterocycles. The van der Waals surface area contributed by atoms with Gasteiger partial charge in [0.2, 0.25) is 0 Å². The van der Waals surface area contributed by atoms with Gasteiger partial charge in [0.25, 0.3) is 0 Å². The number of rotatable bonds is 8. The molecule has 0 spiro atoms. The van der Waals surface area contributed by atoms with Crippen molar-refractivity contribution in [2.45, 2.75) is 46.6 Å². The lowest BCUT2D eigenvalue weighted by Crippen LogP contribution is -2.50. The molecule has 1 aliphatic rings. The zero-order chi connectivity index (χ0) is 13.4. The van der Waals surface area contributed by atoms with E-state index in [0.29, 0.717) is 0 Å². The lowest BCUT2D eigenvalue weighted by atomic mass is 10.1. The van der Waals surface area contributed by atoms with Gasteiger partial charge in [-0.05, 0) is 38.8 Å². The minimum absolute atomic E-state index is 0.754. The van der Waals surface area contributed by atoms with E-state index in [-0.39, 0.29) is 0 Å². The highest BCUT2D eigenvalue weighted by Crippen LogP contribution is 2.11. The number of piperazine rings is 1. The molecule has 108 valence electrons. The van der Waals surface area contributed by atoms with Crippen LogP contribution in [0.2, 0.25) is 0 Å². The standard InChI is InChI=1S/C15H33N3/c1-5-16-8-6-7-15(4)18-11-9-17(10-12-18)13-14(2)3/h14-16H,5-13H2,1-4H3. The summed E-state index contributed by atoms with van der Waals surface area (Å²) >= 11 is 0. The van der Waals surface area contributed by atoms with Crippen molar-refractivity contribution in [1.82, 2.24) is 15.1 Å². The fraction of sp³-hybridized carbons (Fsp3) is 1.00. The Balaban J connectivity index is 2.13. The maximum Gasteiger partial charge on any atom is 0.0113 e. The van der Waals surface area contributed by atoms with E-state index in [0.717, 1.165) is 18.5 Å². The maximum absolute atomic E-state index is 3.41. The van der Waals surface area contributed by atoms with Crippen LogP contribution in [0.4, 0.5) is 0 Å². The van der Waals surface area contributed by atoms with Gasteiger partial charge in [0.1, 0.15) is 0 Å². The Hall–Kier alpha value is -0.120. The highest BCUT2D eigenvalue weighted by atomic mass is 15.3. The zero-order valence-electron chi connectivity index (χ0n) is 12.9. The summed E-state index contributed by atoms with van der Waals surface area (Å²) in [6, 6.07) is 0.754. The first-order valence-electron chi connectivity index (χ1n) is 7.80. The third kappa shape index (κ3) is 6.17. The van der Waals surface area contributed by atoms with Gasteiger partial charge in [-0.1, -0.05) is 20.8 Å². The zero-order valence-corrected chi connectivity index (χ0v) is 12.9. The van der Waals surface area contributed by atoms with E-state index in [1.54, 1.807) is 0 Å². The molecular weight excluding hydrogens is 222 g/mol. The SMILES string of the molecule is CCNCCCC(C)N1CCN(CC(C)C)CC1. The summed E-state index contributed by atoms with van der Waals surface area (Å²) in [4.78, 5) is 5.29. The topological polar surface area (TPSA) is 18.5 Å².